The summed E-state index contributed by atoms with van der Waals surface area (Å²) >= 11 is 0. The molecule has 1 aliphatic rings. The molecule has 0 amide bonds. The normalized spacial score (nSPS) is 20.1. The van der Waals surface area contributed by atoms with Crippen LogP contribution in [0.2, 0.25) is 0 Å². The van der Waals surface area contributed by atoms with Gasteiger partial charge in [0.05, 0.1) is 13.7 Å². The maximum Gasteiger partial charge on any atom is 0.168 e. The Bertz CT molecular complexity index is 335. The van der Waals surface area contributed by atoms with E-state index in [1.807, 2.05) is 0 Å². The van der Waals surface area contributed by atoms with Crippen molar-refractivity contribution >= 4 is 0 Å². The van der Waals surface area contributed by atoms with Crippen molar-refractivity contribution in [1.29, 1.82) is 0 Å². The molecule has 0 radical (unpaired) electrons. The molecule has 0 spiro atoms. The summed E-state index contributed by atoms with van der Waals surface area (Å²) in [6.07, 6.45) is -0.208. The Hall–Kier alpha value is -1.16. The molecule has 1 aliphatic heterocycles. The van der Waals surface area contributed by atoms with Crippen LogP contribution in [-0.4, -0.2) is 13.7 Å². The third kappa shape index (κ3) is 1.49. The van der Waals surface area contributed by atoms with Gasteiger partial charge in [-0.3, -0.25) is 0 Å². The summed E-state index contributed by atoms with van der Waals surface area (Å²) in [7, 11) is 1.35. The first-order chi connectivity index (χ1) is 6.22. The van der Waals surface area contributed by atoms with Crippen molar-refractivity contribution in [2.24, 2.45) is 0 Å². The largest absolute Gasteiger partial charge is 0.493 e. The minimum absolute atomic E-state index is 0.0731. The lowest BCUT2D eigenvalue weighted by Gasteiger charge is -2.06. The molecule has 1 aromatic rings. The van der Waals surface area contributed by atoms with E-state index in [0.29, 0.717) is 12.2 Å². The molecule has 1 saturated heterocycles. The van der Waals surface area contributed by atoms with Crippen LogP contribution in [0.1, 0.15) is 11.7 Å². The average molecular weight is 186 g/mol. The Kier molecular flexibility index (Phi) is 1.92. The van der Waals surface area contributed by atoms with Gasteiger partial charge in [-0.1, -0.05) is 0 Å². The van der Waals surface area contributed by atoms with Crippen LogP contribution in [0.5, 0.6) is 5.75 Å². The van der Waals surface area contributed by atoms with Gasteiger partial charge in [-0.05, 0) is 6.07 Å². The zero-order valence-corrected chi connectivity index (χ0v) is 7.01. The van der Waals surface area contributed by atoms with Crippen molar-refractivity contribution in [2.45, 2.75) is 6.10 Å². The van der Waals surface area contributed by atoms with E-state index in [4.69, 9.17) is 9.47 Å². The van der Waals surface area contributed by atoms with Crippen LogP contribution >= 0.6 is 0 Å². The van der Waals surface area contributed by atoms with E-state index >= 15 is 0 Å². The lowest BCUT2D eigenvalue weighted by Crippen LogP contribution is -1.96. The number of epoxide rings is 1. The van der Waals surface area contributed by atoms with Gasteiger partial charge in [-0.2, -0.15) is 0 Å². The van der Waals surface area contributed by atoms with E-state index in [0.717, 1.165) is 6.07 Å². The molecule has 0 unspecified atom stereocenters. The third-order valence-corrected chi connectivity index (χ3v) is 1.92. The zero-order valence-electron chi connectivity index (χ0n) is 7.01. The number of rotatable bonds is 2. The smallest absolute Gasteiger partial charge is 0.168 e. The minimum Gasteiger partial charge on any atom is -0.493 e. The Morgan fingerprint density at radius 2 is 2.15 bits per heavy atom. The molecule has 0 aromatic heterocycles. The lowest BCUT2D eigenvalue weighted by molar-refractivity contribution is 0.361. The van der Waals surface area contributed by atoms with Crippen molar-refractivity contribution in [3.05, 3.63) is 29.3 Å². The number of halogens is 2. The SMILES string of the molecule is COc1c(F)cc(F)cc1[C@H]1CO1. The second-order valence-electron chi connectivity index (χ2n) is 2.83. The summed E-state index contributed by atoms with van der Waals surface area (Å²) in [4.78, 5) is 0. The second-order valence-corrected chi connectivity index (χ2v) is 2.83. The maximum atomic E-state index is 13.1. The van der Waals surface area contributed by atoms with Gasteiger partial charge in [-0.15, -0.1) is 0 Å². The van der Waals surface area contributed by atoms with E-state index in [1.54, 1.807) is 0 Å². The van der Waals surface area contributed by atoms with Crippen LogP contribution in [0.4, 0.5) is 8.78 Å². The Balaban J connectivity index is 2.50. The quantitative estimate of drug-likeness (QED) is 0.659. The summed E-state index contributed by atoms with van der Waals surface area (Å²) in [6, 6.07) is 2.03. The van der Waals surface area contributed by atoms with Crippen molar-refractivity contribution < 1.29 is 18.3 Å². The highest BCUT2D eigenvalue weighted by molar-refractivity contribution is 5.38. The summed E-state index contributed by atoms with van der Waals surface area (Å²) in [5, 5.41) is 0. The van der Waals surface area contributed by atoms with E-state index in [2.05, 4.69) is 0 Å². The summed E-state index contributed by atoms with van der Waals surface area (Å²) < 4.78 is 35.6. The second kappa shape index (κ2) is 2.96. The molecule has 70 valence electrons. The van der Waals surface area contributed by atoms with Crippen LogP contribution < -0.4 is 4.74 Å². The lowest BCUT2D eigenvalue weighted by atomic mass is 10.1. The van der Waals surface area contributed by atoms with E-state index < -0.39 is 11.6 Å². The molecule has 1 aromatic carbocycles. The molecule has 13 heavy (non-hydrogen) atoms. The number of hydrogen-bond donors (Lipinski definition) is 0. The maximum absolute atomic E-state index is 13.1. The van der Waals surface area contributed by atoms with Crippen LogP contribution in [0, 0.1) is 11.6 Å². The van der Waals surface area contributed by atoms with Gasteiger partial charge in [0, 0.05) is 11.6 Å². The first kappa shape index (κ1) is 8.44. The highest BCUT2D eigenvalue weighted by Gasteiger charge is 2.30. The molecule has 0 N–H and O–H groups in total. The summed E-state index contributed by atoms with van der Waals surface area (Å²) in [5.41, 5.74) is 0.444. The van der Waals surface area contributed by atoms with Crippen molar-refractivity contribution in [1.82, 2.24) is 0 Å². The molecule has 0 bridgehead atoms. The number of hydrogen-bond acceptors (Lipinski definition) is 2. The first-order valence-electron chi connectivity index (χ1n) is 3.87. The van der Waals surface area contributed by atoms with Crippen LogP contribution in [-0.2, 0) is 4.74 Å². The number of ether oxygens (including phenoxy) is 2. The number of benzene rings is 1. The summed E-state index contributed by atoms with van der Waals surface area (Å²) in [6.45, 7) is 0.499. The molecule has 2 nitrogen and oxygen atoms in total. The van der Waals surface area contributed by atoms with E-state index in [1.165, 1.54) is 13.2 Å². The first-order valence-corrected chi connectivity index (χ1v) is 3.87. The van der Waals surface area contributed by atoms with Gasteiger partial charge in [0.2, 0.25) is 0 Å². The average Bonchev–Trinajstić information content (AvgIpc) is 2.85. The molecule has 1 heterocycles. The van der Waals surface area contributed by atoms with Crippen LogP contribution in [0.3, 0.4) is 0 Å². The molecule has 2 rings (SSSR count). The van der Waals surface area contributed by atoms with Crippen LogP contribution in [0.25, 0.3) is 0 Å². The van der Waals surface area contributed by atoms with Gasteiger partial charge in [0.25, 0.3) is 0 Å². The fraction of sp³-hybridized carbons (Fsp3) is 0.333. The van der Waals surface area contributed by atoms with Gasteiger partial charge < -0.3 is 9.47 Å². The fourth-order valence-electron chi connectivity index (χ4n) is 1.26. The molecule has 1 fully saturated rings. The molecule has 0 saturated carbocycles. The molecular formula is C9H8F2O2. The molecular weight excluding hydrogens is 178 g/mol. The molecule has 1 atom stereocenters. The Labute approximate surface area is 74.1 Å². The van der Waals surface area contributed by atoms with Gasteiger partial charge >= 0.3 is 0 Å². The van der Waals surface area contributed by atoms with Crippen molar-refractivity contribution in [3.8, 4) is 5.75 Å². The van der Waals surface area contributed by atoms with Crippen LogP contribution in [0.15, 0.2) is 12.1 Å². The van der Waals surface area contributed by atoms with Crippen molar-refractivity contribution in [2.75, 3.05) is 13.7 Å². The van der Waals surface area contributed by atoms with Gasteiger partial charge in [-0.25, -0.2) is 8.78 Å². The third-order valence-electron chi connectivity index (χ3n) is 1.92. The Morgan fingerprint density at radius 1 is 1.46 bits per heavy atom. The van der Waals surface area contributed by atoms with Crippen molar-refractivity contribution in [3.63, 3.8) is 0 Å². The molecule has 0 aliphatic carbocycles. The molecule has 4 heteroatoms. The van der Waals surface area contributed by atoms with E-state index in [-0.39, 0.29) is 11.9 Å². The zero-order chi connectivity index (χ0) is 9.42. The predicted octanol–water partition coefficient (Wildman–Crippen LogP) is 2.04. The Morgan fingerprint density at radius 3 is 2.69 bits per heavy atom. The fourth-order valence-corrected chi connectivity index (χ4v) is 1.26. The highest BCUT2D eigenvalue weighted by atomic mass is 19.1. The van der Waals surface area contributed by atoms with Gasteiger partial charge in [0.1, 0.15) is 11.9 Å². The topological polar surface area (TPSA) is 21.8 Å². The monoisotopic (exact) mass is 186 g/mol. The standard InChI is InChI=1S/C9H8F2O2/c1-12-9-6(8-4-13-8)2-5(10)3-7(9)11/h2-3,8H,4H2,1H3/t8-/m1/s1. The summed E-state index contributed by atoms with van der Waals surface area (Å²) in [5.74, 6) is -1.22. The predicted molar refractivity (Wildman–Crippen MR) is 41.6 cm³/mol. The van der Waals surface area contributed by atoms with Gasteiger partial charge in [0.15, 0.2) is 11.6 Å². The van der Waals surface area contributed by atoms with E-state index in [9.17, 15) is 8.78 Å². The minimum atomic E-state index is -0.687. The highest BCUT2D eigenvalue weighted by Crippen LogP contribution is 2.38. The number of methoxy groups -OCH3 is 1.